The standard InChI is InChI=1S/C18H27N5OS/c1-14(2)17-22-16(24-23-17)10-7-11-20-18(19-3)21-12-13-25-15-8-5-4-6-9-15/h4-6,8-9,14H,7,10-13H2,1-3H3,(H2,19,20,21). The Morgan fingerprint density at radius 1 is 1.20 bits per heavy atom. The highest BCUT2D eigenvalue weighted by Gasteiger charge is 2.09. The van der Waals surface area contributed by atoms with Crippen LogP contribution in [0.5, 0.6) is 0 Å². The van der Waals surface area contributed by atoms with Crippen LogP contribution in [0.4, 0.5) is 0 Å². The number of nitrogens with one attached hydrogen (secondary N) is 2. The van der Waals surface area contributed by atoms with Crippen LogP contribution in [0.1, 0.15) is 37.9 Å². The summed E-state index contributed by atoms with van der Waals surface area (Å²) in [5.41, 5.74) is 0. The molecule has 2 aromatic rings. The lowest BCUT2D eigenvalue weighted by Gasteiger charge is -2.11. The fourth-order valence-corrected chi connectivity index (χ4v) is 2.92. The maximum atomic E-state index is 5.24. The second-order valence-corrected chi connectivity index (χ2v) is 7.06. The second kappa shape index (κ2) is 10.8. The normalized spacial score (nSPS) is 11.8. The molecule has 0 aliphatic heterocycles. The van der Waals surface area contributed by atoms with Gasteiger partial charge in [-0.1, -0.05) is 37.2 Å². The van der Waals surface area contributed by atoms with E-state index in [1.54, 1.807) is 7.05 Å². The maximum Gasteiger partial charge on any atom is 0.226 e. The zero-order valence-electron chi connectivity index (χ0n) is 15.2. The van der Waals surface area contributed by atoms with Gasteiger partial charge in [0.2, 0.25) is 5.89 Å². The van der Waals surface area contributed by atoms with Crippen LogP contribution < -0.4 is 10.6 Å². The van der Waals surface area contributed by atoms with E-state index in [4.69, 9.17) is 4.52 Å². The quantitative estimate of drug-likeness (QED) is 0.309. The van der Waals surface area contributed by atoms with Crippen LogP contribution in [0.3, 0.4) is 0 Å². The van der Waals surface area contributed by atoms with E-state index in [-0.39, 0.29) is 0 Å². The molecule has 0 spiro atoms. The van der Waals surface area contributed by atoms with Gasteiger partial charge in [0.05, 0.1) is 0 Å². The van der Waals surface area contributed by atoms with Gasteiger partial charge in [-0.2, -0.15) is 4.98 Å². The van der Waals surface area contributed by atoms with Crippen molar-refractivity contribution >= 4 is 17.7 Å². The van der Waals surface area contributed by atoms with E-state index in [0.717, 1.165) is 43.5 Å². The Bertz CT molecular complexity index is 642. The third kappa shape index (κ3) is 7.17. The fourth-order valence-electron chi connectivity index (χ4n) is 2.13. The van der Waals surface area contributed by atoms with Crippen LogP contribution in [0.15, 0.2) is 44.7 Å². The smallest absolute Gasteiger partial charge is 0.226 e. The molecule has 25 heavy (non-hydrogen) atoms. The molecule has 6 nitrogen and oxygen atoms in total. The molecule has 0 saturated carbocycles. The van der Waals surface area contributed by atoms with Gasteiger partial charge in [-0.15, -0.1) is 11.8 Å². The van der Waals surface area contributed by atoms with Crippen molar-refractivity contribution in [1.29, 1.82) is 0 Å². The molecule has 1 heterocycles. The number of benzene rings is 1. The van der Waals surface area contributed by atoms with Crippen molar-refractivity contribution in [1.82, 2.24) is 20.8 Å². The average Bonchev–Trinajstić information content (AvgIpc) is 3.10. The molecule has 1 aromatic carbocycles. The number of aromatic nitrogens is 2. The van der Waals surface area contributed by atoms with Crippen LogP contribution in [0.2, 0.25) is 0 Å². The number of thioether (sulfide) groups is 1. The molecule has 1 aromatic heterocycles. The highest BCUT2D eigenvalue weighted by Crippen LogP contribution is 2.15. The SMILES string of the molecule is CN=C(NCCCc1nc(C(C)C)no1)NCCSc1ccccc1. The highest BCUT2D eigenvalue weighted by atomic mass is 32.2. The largest absolute Gasteiger partial charge is 0.356 e. The Labute approximate surface area is 153 Å². The summed E-state index contributed by atoms with van der Waals surface area (Å²) < 4.78 is 5.24. The van der Waals surface area contributed by atoms with Gasteiger partial charge in [-0.3, -0.25) is 4.99 Å². The van der Waals surface area contributed by atoms with Gasteiger partial charge in [0.15, 0.2) is 11.8 Å². The summed E-state index contributed by atoms with van der Waals surface area (Å²) >= 11 is 1.83. The van der Waals surface area contributed by atoms with Gasteiger partial charge in [0, 0.05) is 43.1 Å². The van der Waals surface area contributed by atoms with Crippen molar-refractivity contribution in [3.05, 3.63) is 42.0 Å². The van der Waals surface area contributed by atoms with Gasteiger partial charge in [-0.05, 0) is 18.6 Å². The predicted molar refractivity (Wildman–Crippen MR) is 103 cm³/mol. The number of guanidine groups is 1. The van der Waals surface area contributed by atoms with E-state index in [9.17, 15) is 0 Å². The number of rotatable bonds is 9. The summed E-state index contributed by atoms with van der Waals surface area (Å²) in [5.74, 6) is 3.59. The minimum absolute atomic E-state index is 0.299. The molecular formula is C18H27N5OS. The number of nitrogens with zero attached hydrogens (tertiary/aromatic N) is 3. The topological polar surface area (TPSA) is 75.3 Å². The third-order valence-corrected chi connectivity index (χ3v) is 4.50. The predicted octanol–water partition coefficient (Wildman–Crippen LogP) is 3.08. The van der Waals surface area contributed by atoms with E-state index >= 15 is 0 Å². The van der Waals surface area contributed by atoms with Gasteiger partial charge in [-0.25, -0.2) is 0 Å². The second-order valence-electron chi connectivity index (χ2n) is 5.89. The lowest BCUT2D eigenvalue weighted by atomic mass is 10.2. The fraction of sp³-hybridized carbons (Fsp3) is 0.500. The maximum absolute atomic E-state index is 5.24. The number of aryl methyl sites for hydroxylation is 1. The Balaban J connectivity index is 1.58. The van der Waals surface area contributed by atoms with Crippen molar-refractivity contribution in [2.75, 3.05) is 25.9 Å². The number of aliphatic imine (C=N–C) groups is 1. The first-order chi connectivity index (χ1) is 12.2. The van der Waals surface area contributed by atoms with Crippen molar-refractivity contribution in [2.45, 2.75) is 37.5 Å². The summed E-state index contributed by atoms with van der Waals surface area (Å²) in [5, 5.41) is 10.6. The molecule has 0 bridgehead atoms. The summed E-state index contributed by atoms with van der Waals surface area (Å²) in [4.78, 5) is 9.90. The van der Waals surface area contributed by atoms with Crippen molar-refractivity contribution < 1.29 is 4.52 Å². The van der Waals surface area contributed by atoms with E-state index < -0.39 is 0 Å². The Morgan fingerprint density at radius 2 is 1.96 bits per heavy atom. The third-order valence-electron chi connectivity index (χ3n) is 3.49. The molecule has 0 amide bonds. The molecule has 0 unspecified atom stereocenters. The Hall–Kier alpha value is -2.02. The van der Waals surface area contributed by atoms with Crippen LogP contribution in [0, 0.1) is 0 Å². The molecular weight excluding hydrogens is 334 g/mol. The summed E-state index contributed by atoms with van der Waals surface area (Å²) in [6.07, 6.45) is 1.69. The molecule has 0 aliphatic rings. The van der Waals surface area contributed by atoms with E-state index in [0.29, 0.717) is 11.8 Å². The Morgan fingerprint density at radius 3 is 2.64 bits per heavy atom. The lowest BCUT2D eigenvalue weighted by Crippen LogP contribution is -2.38. The molecule has 2 N–H and O–H groups in total. The molecule has 0 atom stereocenters. The lowest BCUT2D eigenvalue weighted by molar-refractivity contribution is 0.368. The average molecular weight is 362 g/mol. The van der Waals surface area contributed by atoms with E-state index in [2.05, 4.69) is 63.9 Å². The molecule has 0 radical (unpaired) electrons. The highest BCUT2D eigenvalue weighted by molar-refractivity contribution is 7.99. The first kappa shape index (κ1) is 19.3. The molecule has 0 fully saturated rings. The van der Waals surface area contributed by atoms with Crippen molar-refractivity contribution in [2.24, 2.45) is 4.99 Å². The minimum atomic E-state index is 0.299. The minimum Gasteiger partial charge on any atom is -0.356 e. The summed E-state index contributed by atoms with van der Waals surface area (Å²) in [6.45, 7) is 5.79. The number of hydrogen-bond acceptors (Lipinski definition) is 5. The van der Waals surface area contributed by atoms with Gasteiger partial charge >= 0.3 is 0 Å². The van der Waals surface area contributed by atoms with Crippen molar-refractivity contribution in [3.8, 4) is 0 Å². The zero-order valence-corrected chi connectivity index (χ0v) is 16.0. The summed E-state index contributed by atoms with van der Waals surface area (Å²) in [6, 6.07) is 10.4. The molecule has 7 heteroatoms. The van der Waals surface area contributed by atoms with Gasteiger partial charge in [0.1, 0.15) is 0 Å². The number of hydrogen-bond donors (Lipinski definition) is 2. The van der Waals surface area contributed by atoms with Gasteiger partial charge < -0.3 is 15.2 Å². The van der Waals surface area contributed by atoms with Crippen LogP contribution in [0.25, 0.3) is 0 Å². The summed E-state index contributed by atoms with van der Waals surface area (Å²) in [7, 11) is 1.78. The molecule has 2 rings (SSSR count). The molecule has 0 saturated heterocycles. The van der Waals surface area contributed by atoms with Crippen LogP contribution in [-0.2, 0) is 6.42 Å². The Kier molecular flexibility index (Phi) is 8.31. The molecule has 0 aliphatic carbocycles. The zero-order chi connectivity index (χ0) is 17.9. The van der Waals surface area contributed by atoms with E-state index in [1.807, 2.05) is 17.8 Å². The van der Waals surface area contributed by atoms with Gasteiger partial charge in [0.25, 0.3) is 0 Å². The van der Waals surface area contributed by atoms with E-state index in [1.165, 1.54) is 4.90 Å². The first-order valence-electron chi connectivity index (χ1n) is 8.64. The van der Waals surface area contributed by atoms with Crippen LogP contribution >= 0.6 is 11.8 Å². The molecule has 136 valence electrons. The van der Waals surface area contributed by atoms with Crippen molar-refractivity contribution in [3.63, 3.8) is 0 Å². The first-order valence-corrected chi connectivity index (χ1v) is 9.62. The monoisotopic (exact) mass is 361 g/mol. The van der Waals surface area contributed by atoms with Crippen LogP contribution in [-0.4, -0.2) is 42.0 Å².